The Labute approximate surface area is 187 Å². The van der Waals surface area contributed by atoms with Crippen molar-refractivity contribution in [3.8, 4) is 11.8 Å². The summed E-state index contributed by atoms with van der Waals surface area (Å²) in [4.78, 5) is 10.8. The van der Waals surface area contributed by atoms with E-state index in [2.05, 4.69) is 25.7 Å². The maximum atomic E-state index is 11.8. The summed E-state index contributed by atoms with van der Waals surface area (Å²) in [6.07, 6.45) is 9.95. The van der Waals surface area contributed by atoms with E-state index in [4.69, 9.17) is 4.74 Å². The van der Waals surface area contributed by atoms with Gasteiger partial charge in [-0.15, -0.1) is 0 Å². The van der Waals surface area contributed by atoms with Crippen molar-refractivity contribution in [2.45, 2.75) is 83.3 Å². The van der Waals surface area contributed by atoms with Crippen LogP contribution in [0.25, 0.3) is 0 Å². The quantitative estimate of drug-likeness (QED) is 0.518. The van der Waals surface area contributed by atoms with Gasteiger partial charge >= 0.3 is 0 Å². The zero-order valence-electron chi connectivity index (χ0n) is 19.0. The summed E-state index contributed by atoms with van der Waals surface area (Å²) in [5.74, 6) is 9.27. The lowest BCUT2D eigenvalue weighted by molar-refractivity contribution is -0.156. The minimum Gasteiger partial charge on any atom is -0.465 e. The molecule has 5 rings (SSSR count). The highest BCUT2D eigenvalue weighted by Gasteiger charge is 2.64. The van der Waals surface area contributed by atoms with Crippen LogP contribution in [0.5, 0.6) is 0 Å². The Kier molecular flexibility index (Phi) is 5.21. The lowest BCUT2D eigenvalue weighted by atomic mass is 9.44. The van der Waals surface area contributed by atoms with Crippen molar-refractivity contribution in [3.63, 3.8) is 0 Å². The van der Waals surface area contributed by atoms with Crippen molar-refractivity contribution in [2.24, 2.45) is 34.5 Å². The summed E-state index contributed by atoms with van der Waals surface area (Å²) in [6, 6.07) is 10.1. The molecule has 1 N–H and O–H groups in total. The van der Waals surface area contributed by atoms with Gasteiger partial charge in [0.25, 0.3) is 6.47 Å². The molecule has 4 fully saturated rings. The molecule has 31 heavy (non-hydrogen) atoms. The monoisotopic (exact) mass is 420 g/mol. The maximum absolute atomic E-state index is 11.8. The summed E-state index contributed by atoms with van der Waals surface area (Å²) in [6.45, 7) is 5.48. The fourth-order valence-electron chi connectivity index (χ4n) is 8.34. The first kappa shape index (κ1) is 21.1. The van der Waals surface area contributed by atoms with Gasteiger partial charge in [0.05, 0.1) is 0 Å². The molecule has 0 amide bonds. The van der Waals surface area contributed by atoms with Crippen LogP contribution in [0.4, 0.5) is 0 Å². The zero-order chi connectivity index (χ0) is 21.7. The molecular weight excluding hydrogens is 384 g/mol. The average molecular weight is 421 g/mol. The molecule has 0 bridgehead atoms. The fourth-order valence-corrected chi connectivity index (χ4v) is 8.34. The second kappa shape index (κ2) is 7.66. The molecule has 3 nitrogen and oxygen atoms in total. The van der Waals surface area contributed by atoms with E-state index in [1.54, 1.807) is 0 Å². The van der Waals surface area contributed by atoms with Crippen LogP contribution in [0.1, 0.15) is 77.2 Å². The van der Waals surface area contributed by atoms with Crippen LogP contribution in [0.3, 0.4) is 0 Å². The molecule has 4 saturated carbocycles. The van der Waals surface area contributed by atoms with Crippen LogP contribution < -0.4 is 0 Å². The van der Waals surface area contributed by atoms with E-state index < -0.39 is 5.60 Å². The number of hydrogen-bond acceptors (Lipinski definition) is 3. The zero-order valence-corrected chi connectivity index (χ0v) is 19.0. The Hall–Kier alpha value is -1.79. The van der Waals surface area contributed by atoms with Gasteiger partial charge in [-0.1, -0.05) is 43.9 Å². The molecule has 0 aliphatic heterocycles. The van der Waals surface area contributed by atoms with Crippen LogP contribution in [-0.4, -0.2) is 23.3 Å². The van der Waals surface area contributed by atoms with Crippen LogP contribution in [-0.2, 0) is 9.53 Å². The van der Waals surface area contributed by atoms with Crippen molar-refractivity contribution in [2.75, 3.05) is 0 Å². The summed E-state index contributed by atoms with van der Waals surface area (Å²) >= 11 is 0. The van der Waals surface area contributed by atoms with Crippen molar-refractivity contribution >= 4 is 6.47 Å². The molecule has 1 aromatic carbocycles. The predicted octanol–water partition coefficient (Wildman–Crippen LogP) is 5.35. The number of benzene rings is 1. The second-order valence-electron chi connectivity index (χ2n) is 11.3. The first-order valence-electron chi connectivity index (χ1n) is 12.3. The normalized spacial score (nSPS) is 46.0. The van der Waals surface area contributed by atoms with E-state index in [1.165, 1.54) is 25.7 Å². The smallest absolute Gasteiger partial charge is 0.293 e. The Morgan fingerprint density at radius 3 is 2.55 bits per heavy atom. The Morgan fingerprint density at radius 2 is 1.77 bits per heavy atom. The third-order valence-corrected chi connectivity index (χ3v) is 10.2. The molecular formula is C28H36O3. The molecule has 3 heteroatoms. The third-order valence-electron chi connectivity index (χ3n) is 10.2. The molecule has 4 aliphatic carbocycles. The van der Waals surface area contributed by atoms with E-state index in [-0.39, 0.29) is 11.5 Å². The van der Waals surface area contributed by atoms with Gasteiger partial charge in [-0.05, 0) is 99.0 Å². The van der Waals surface area contributed by atoms with Gasteiger partial charge in [0.2, 0.25) is 0 Å². The number of aliphatic hydroxyl groups is 1. The van der Waals surface area contributed by atoms with Gasteiger partial charge in [0.1, 0.15) is 11.7 Å². The predicted molar refractivity (Wildman–Crippen MR) is 121 cm³/mol. The summed E-state index contributed by atoms with van der Waals surface area (Å²) in [7, 11) is 0. The number of carbonyl (C=O) groups excluding carboxylic acids is 1. The van der Waals surface area contributed by atoms with Gasteiger partial charge in [-0.3, -0.25) is 4.79 Å². The number of carbonyl (C=O) groups is 1. The molecule has 1 aromatic rings. The van der Waals surface area contributed by atoms with E-state index in [9.17, 15) is 9.90 Å². The van der Waals surface area contributed by atoms with Crippen molar-refractivity contribution in [1.29, 1.82) is 0 Å². The minimum absolute atomic E-state index is 0.114. The van der Waals surface area contributed by atoms with Crippen molar-refractivity contribution in [1.82, 2.24) is 0 Å². The van der Waals surface area contributed by atoms with Crippen LogP contribution in [0.2, 0.25) is 0 Å². The van der Waals surface area contributed by atoms with E-state index >= 15 is 0 Å². The molecule has 0 radical (unpaired) electrons. The van der Waals surface area contributed by atoms with E-state index in [0.29, 0.717) is 29.6 Å². The molecule has 0 spiro atoms. The van der Waals surface area contributed by atoms with Crippen molar-refractivity contribution in [3.05, 3.63) is 35.9 Å². The number of fused-ring (bicyclic) bond motifs is 5. The first-order chi connectivity index (χ1) is 14.9. The highest BCUT2D eigenvalue weighted by Crippen LogP contribution is 2.68. The summed E-state index contributed by atoms with van der Waals surface area (Å²) in [5.41, 5.74) is 0.338. The lowest BCUT2D eigenvalue weighted by Crippen LogP contribution is -2.56. The van der Waals surface area contributed by atoms with Crippen LogP contribution in [0, 0.1) is 46.3 Å². The van der Waals surface area contributed by atoms with Crippen molar-refractivity contribution < 1.29 is 14.6 Å². The first-order valence-corrected chi connectivity index (χ1v) is 12.3. The van der Waals surface area contributed by atoms with Gasteiger partial charge in [0, 0.05) is 11.0 Å². The minimum atomic E-state index is -0.883. The molecule has 4 aliphatic rings. The van der Waals surface area contributed by atoms with Crippen LogP contribution >= 0.6 is 0 Å². The molecule has 8 atom stereocenters. The standard InChI is InChI=1S/C28H36O3/c1-26-14-11-22(31-19-29)18-21(26)8-9-23-24(26)12-15-27(2)25(23)13-17-28(27,30)16-10-20-6-4-3-5-7-20/h3-7,19,21-25,30H,8-9,11-15,17-18H2,1-2H3/t21?,22?,23?,24?,25?,26?,27?,28-/m0/s1. The highest BCUT2D eigenvalue weighted by molar-refractivity contribution is 5.38. The van der Waals surface area contributed by atoms with E-state index in [1.807, 2.05) is 30.3 Å². The van der Waals surface area contributed by atoms with Crippen LogP contribution in [0.15, 0.2) is 30.3 Å². The van der Waals surface area contributed by atoms with Gasteiger partial charge in [-0.25, -0.2) is 0 Å². The lowest BCUT2D eigenvalue weighted by Gasteiger charge is -2.61. The van der Waals surface area contributed by atoms with Gasteiger partial charge < -0.3 is 9.84 Å². The molecule has 166 valence electrons. The Bertz CT molecular complexity index is 885. The Balaban J connectivity index is 1.38. The molecule has 7 unspecified atom stereocenters. The largest absolute Gasteiger partial charge is 0.465 e. The number of hydrogen-bond donors (Lipinski definition) is 1. The van der Waals surface area contributed by atoms with Gasteiger partial charge in [-0.2, -0.15) is 0 Å². The fraction of sp³-hybridized carbons (Fsp3) is 0.679. The summed E-state index contributed by atoms with van der Waals surface area (Å²) in [5, 5.41) is 11.8. The summed E-state index contributed by atoms with van der Waals surface area (Å²) < 4.78 is 5.36. The second-order valence-corrected chi connectivity index (χ2v) is 11.3. The van der Waals surface area contributed by atoms with E-state index in [0.717, 1.165) is 43.6 Å². The van der Waals surface area contributed by atoms with Gasteiger partial charge in [0.15, 0.2) is 0 Å². The SMILES string of the molecule is CC12CCC(OC=O)CC1CCC1C2CCC2(C)C1CC[C@@]2(O)C#Cc1ccccc1. The topological polar surface area (TPSA) is 46.5 Å². The average Bonchev–Trinajstić information content (AvgIpc) is 3.05. The Morgan fingerprint density at radius 1 is 1.00 bits per heavy atom. The highest BCUT2D eigenvalue weighted by atomic mass is 16.5. The maximum Gasteiger partial charge on any atom is 0.293 e. The number of rotatable bonds is 2. The third kappa shape index (κ3) is 3.25. The molecule has 0 saturated heterocycles. The molecule has 0 heterocycles. The molecule has 0 aromatic heterocycles. The number of ether oxygens (including phenoxy) is 1.